The molecular formula is C23H25F5N4O3. The van der Waals surface area contributed by atoms with Crippen LogP contribution in [0.5, 0.6) is 11.6 Å². The second-order valence-electron chi connectivity index (χ2n) is 9.38. The first-order valence-electron chi connectivity index (χ1n) is 11.5. The quantitative estimate of drug-likeness (QED) is 0.618. The smallest absolute Gasteiger partial charge is 0.393 e. The first kappa shape index (κ1) is 23.8. The number of benzene rings is 1. The van der Waals surface area contributed by atoms with Gasteiger partial charge in [0.15, 0.2) is 5.69 Å². The predicted molar refractivity (Wildman–Crippen MR) is 114 cm³/mol. The third-order valence-electron chi connectivity index (χ3n) is 6.43. The summed E-state index contributed by atoms with van der Waals surface area (Å²) in [5, 5.41) is 7.11. The fraction of sp³-hybridized carbons (Fsp3) is 0.565. The molecule has 7 nitrogen and oxygen atoms in total. The molecule has 1 aromatic carbocycles. The number of nitrogens with one attached hydrogen (secondary N) is 1. The van der Waals surface area contributed by atoms with E-state index in [0.717, 1.165) is 0 Å². The fourth-order valence-electron chi connectivity index (χ4n) is 4.75. The maximum atomic E-state index is 13.3. The molecule has 190 valence electrons. The highest BCUT2D eigenvalue weighted by atomic mass is 19.4. The number of carbonyl (C=O) groups is 1. The third-order valence-corrected chi connectivity index (χ3v) is 6.43. The standard InChI is InChI=1S/C23H25F5N4O3/c24-22(25)4-6-31(13-22)5-3-17-11-32-20(35-17)9-18(30-32)21(33)29-16-8-15-7-14(10-23(26,27)28)1-2-19(15)34-12-16/h1-2,7,9,16-17H,3-6,8,10-13H2,(H,29,33)/t16-,17+/m1/s1. The molecule has 0 radical (unpaired) electrons. The number of amides is 1. The van der Waals surface area contributed by atoms with E-state index in [-0.39, 0.29) is 36.9 Å². The number of likely N-dealkylation sites (tertiary alicyclic amines) is 1. The molecule has 3 aliphatic rings. The van der Waals surface area contributed by atoms with Crippen LogP contribution in [0.25, 0.3) is 0 Å². The maximum Gasteiger partial charge on any atom is 0.393 e. The van der Waals surface area contributed by atoms with E-state index in [9.17, 15) is 26.7 Å². The lowest BCUT2D eigenvalue weighted by atomic mass is 9.99. The van der Waals surface area contributed by atoms with Crippen molar-refractivity contribution in [2.75, 3.05) is 26.2 Å². The van der Waals surface area contributed by atoms with Gasteiger partial charge in [-0.15, -0.1) is 0 Å². The molecule has 3 aliphatic heterocycles. The SMILES string of the molecule is O=C(N[C@H]1COc2ccc(CC(F)(F)F)cc2C1)c1cc2n(n1)C[C@H](CCN1CCC(F)(F)C1)O2. The average Bonchev–Trinajstić information content (AvgIpc) is 3.43. The lowest BCUT2D eigenvalue weighted by Gasteiger charge is -2.26. The molecule has 0 aliphatic carbocycles. The van der Waals surface area contributed by atoms with Crippen LogP contribution < -0.4 is 14.8 Å². The van der Waals surface area contributed by atoms with Crippen molar-refractivity contribution >= 4 is 5.91 Å². The van der Waals surface area contributed by atoms with Crippen LogP contribution in [0, 0.1) is 0 Å². The number of fused-ring (bicyclic) bond motifs is 2. The molecule has 0 spiro atoms. The fourth-order valence-corrected chi connectivity index (χ4v) is 4.75. The number of ether oxygens (including phenoxy) is 2. The molecule has 1 saturated heterocycles. The molecule has 1 fully saturated rings. The molecule has 12 heteroatoms. The monoisotopic (exact) mass is 500 g/mol. The van der Waals surface area contributed by atoms with E-state index in [1.54, 1.807) is 9.58 Å². The molecule has 0 unspecified atom stereocenters. The lowest BCUT2D eigenvalue weighted by molar-refractivity contribution is -0.127. The van der Waals surface area contributed by atoms with E-state index in [4.69, 9.17) is 9.47 Å². The number of nitrogens with zero attached hydrogens (tertiary/aromatic N) is 3. The van der Waals surface area contributed by atoms with Gasteiger partial charge in [-0.05, 0) is 30.0 Å². The van der Waals surface area contributed by atoms with Gasteiger partial charge in [-0.2, -0.15) is 18.3 Å². The molecule has 0 saturated carbocycles. The number of carbonyl (C=O) groups excluding carboxylic acids is 1. The first-order valence-corrected chi connectivity index (χ1v) is 11.5. The van der Waals surface area contributed by atoms with Gasteiger partial charge in [0.2, 0.25) is 5.88 Å². The van der Waals surface area contributed by atoms with E-state index >= 15 is 0 Å². The summed E-state index contributed by atoms with van der Waals surface area (Å²) in [5.41, 5.74) is 0.911. The van der Waals surface area contributed by atoms with Crippen molar-refractivity contribution < 1.29 is 36.2 Å². The van der Waals surface area contributed by atoms with Crippen LogP contribution in [0.2, 0.25) is 0 Å². The van der Waals surface area contributed by atoms with Crippen LogP contribution in [0.15, 0.2) is 24.3 Å². The van der Waals surface area contributed by atoms with Crippen LogP contribution in [-0.2, 0) is 19.4 Å². The van der Waals surface area contributed by atoms with E-state index in [1.807, 2.05) is 0 Å². The normalized spacial score (nSPS) is 23.3. The summed E-state index contributed by atoms with van der Waals surface area (Å²) in [6, 6.07) is 5.49. The Balaban J connectivity index is 1.13. The van der Waals surface area contributed by atoms with Gasteiger partial charge >= 0.3 is 6.18 Å². The van der Waals surface area contributed by atoms with Gasteiger partial charge in [-0.25, -0.2) is 13.5 Å². The summed E-state index contributed by atoms with van der Waals surface area (Å²) >= 11 is 0. The van der Waals surface area contributed by atoms with Gasteiger partial charge in [-0.1, -0.05) is 12.1 Å². The van der Waals surface area contributed by atoms with Crippen molar-refractivity contribution in [2.45, 2.75) is 56.5 Å². The summed E-state index contributed by atoms with van der Waals surface area (Å²) < 4.78 is 77.8. The zero-order chi connectivity index (χ0) is 24.8. The molecule has 0 bridgehead atoms. The van der Waals surface area contributed by atoms with E-state index < -0.39 is 30.5 Å². The summed E-state index contributed by atoms with van der Waals surface area (Å²) in [4.78, 5) is 14.4. The van der Waals surface area contributed by atoms with Gasteiger partial charge in [0, 0.05) is 25.6 Å². The Labute approximate surface area is 198 Å². The highest BCUT2D eigenvalue weighted by Gasteiger charge is 2.38. The lowest BCUT2D eigenvalue weighted by Crippen LogP contribution is -2.43. The Morgan fingerprint density at radius 1 is 1.26 bits per heavy atom. The minimum atomic E-state index is -4.30. The van der Waals surface area contributed by atoms with Gasteiger partial charge in [-0.3, -0.25) is 9.69 Å². The van der Waals surface area contributed by atoms with Crippen molar-refractivity contribution in [2.24, 2.45) is 0 Å². The summed E-state index contributed by atoms with van der Waals surface area (Å²) in [6.07, 6.45) is -4.72. The zero-order valence-corrected chi connectivity index (χ0v) is 18.8. The molecule has 1 N–H and O–H groups in total. The van der Waals surface area contributed by atoms with E-state index in [0.29, 0.717) is 49.7 Å². The summed E-state index contributed by atoms with van der Waals surface area (Å²) in [5.74, 6) is -2.11. The number of hydrogen-bond acceptors (Lipinski definition) is 5. The zero-order valence-electron chi connectivity index (χ0n) is 18.8. The molecule has 1 aromatic heterocycles. The van der Waals surface area contributed by atoms with E-state index in [1.165, 1.54) is 24.3 Å². The highest BCUT2D eigenvalue weighted by molar-refractivity contribution is 5.92. The molecule has 2 atom stereocenters. The van der Waals surface area contributed by atoms with Crippen molar-refractivity contribution in [3.05, 3.63) is 41.1 Å². The van der Waals surface area contributed by atoms with Crippen LogP contribution in [0.1, 0.15) is 34.5 Å². The summed E-state index contributed by atoms with van der Waals surface area (Å²) in [7, 11) is 0. The molecule has 2 aromatic rings. The van der Waals surface area contributed by atoms with Crippen molar-refractivity contribution in [3.8, 4) is 11.6 Å². The average molecular weight is 500 g/mol. The molecular weight excluding hydrogens is 475 g/mol. The molecule has 1 amide bonds. The Bertz CT molecular complexity index is 1080. The maximum absolute atomic E-state index is 13.3. The molecule has 35 heavy (non-hydrogen) atoms. The van der Waals surface area contributed by atoms with Gasteiger partial charge < -0.3 is 14.8 Å². The van der Waals surface area contributed by atoms with Crippen molar-refractivity contribution in [1.29, 1.82) is 0 Å². The number of rotatable bonds is 6. The summed E-state index contributed by atoms with van der Waals surface area (Å²) in [6.45, 7) is 1.27. The Morgan fingerprint density at radius 2 is 2.09 bits per heavy atom. The molecule has 4 heterocycles. The number of hydrogen-bond donors (Lipinski definition) is 1. The van der Waals surface area contributed by atoms with Crippen molar-refractivity contribution in [1.82, 2.24) is 20.0 Å². The molecule has 5 rings (SSSR count). The second-order valence-corrected chi connectivity index (χ2v) is 9.38. The van der Waals surface area contributed by atoms with Gasteiger partial charge in [0.1, 0.15) is 18.5 Å². The minimum absolute atomic E-state index is 0.120. The van der Waals surface area contributed by atoms with Gasteiger partial charge in [0.25, 0.3) is 11.8 Å². The number of halogens is 5. The van der Waals surface area contributed by atoms with Crippen molar-refractivity contribution in [3.63, 3.8) is 0 Å². The van der Waals surface area contributed by atoms with Crippen LogP contribution in [0.3, 0.4) is 0 Å². The topological polar surface area (TPSA) is 68.6 Å². The largest absolute Gasteiger partial charge is 0.491 e. The Morgan fingerprint density at radius 3 is 2.80 bits per heavy atom. The Kier molecular flexibility index (Phi) is 6.10. The highest BCUT2D eigenvalue weighted by Crippen LogP contribution is 2.30. The van der Waals surface area contributed by atoms with Gasteiger partial charge in [0.05, 0.1) is 25.6 Å². The van der Waals surface area contributed by atoms with Crippen LogP contribution in [0.4, 0.5) is 22.0 Å². The number of aromatic nitrogens is 2. The van der Waals surface area contributed by atoms with Crippen LogP contribution >= 0.6 is 0 Å². The number of alkyl halides is 5. The first-order chi connectivity index (χ1) is 16.5. The predicted octanol–water partition coefficient (Wildman–Crippen LogP) is 3.21. The second kappa shape index (κ2) is 8.96. The van der Waals surface area contributed by atoms with Crippen LogP contribution in [-0.4, -0.2) is 71.1 Å². The third kappa shape index (κ3) is 5.68. The van der Waals surface area contributed by atoms with E-state index in [2.05, 4.69) is 10.4 Å². The Hall–Kier alpha value is -2.89. The minimum Gasteiger partial charge on any atom is -0.491 e.